The molecule has 204 valence electrons. The number of methoxy groups -OCH3 is 1. The smallest absolute Gasteiger partial charge is 0.416 e. The van der Waals surface area contributed by atoms with Crippen LogP contribution in [0.4, 0.5) is 36.8 Å². The van der Waals surface area contributed by atoms with Crippen LogP contribution in [0.1, 0.15) is 30.7 Å². The van der Waals surface area contributed by atoms with Gasteiger partial charge in [-0.05, 0) is 24.1 Å². The zero-order valence-corrected chi connectivity index (χ0v) is 20.1. The van der Waals surface area contributed by atoms with Gasteiger partial charge in [0.05, 0.1) is 30.3 Å². The number of rotatable bonds is 8. The second kappa shape index (κ2) is 11.5. The molecule has 1 unspecified atom stereocenters. The van der Waals surface area contributed by atoms with Gasteiger partial charge in [-0.1, -0.05) is 13.8 Å². The number of carbonyl (C=O) groups excluding carboxylic acids is 3. The Morgan fingerprint density at radius 3 is 2.00 bits per heavy atom. The first-order valence-electron chi connectivity index (χ1n) is 10.7. The molecule has 2 rings (SSSR count). The van der Waals surface area contributed by atoms with E-state index in [1.54, 1.807) is 17.8 Å². The fourth-order valence-electron chi connectivity index (χ4n) is 3.25. The van der Waals surface area contributed by atoms with Crippen LogP contribution in [0.5, 0.6) is 0 Å². The highest BCUT2D eigenvalue weighted by Crippen LogP contribution is 2.37. The lowest BCUT2D eigenvalue weighted by Gasteiger charge is -2.24. The number of hydrogen-bond donors (Lipinski definition) is 3. The molecule has 0 bridgehead atoms. The van der Waals surface area contributed by atoms with Crippen molar-refractivity contribution < 1.29 is 45.5 Å². The van der Waals surface area contributed by atoms with Crippen LogP contribution in [-0.2, 0) is 40.1 Å². The second-order valence-corrected chi connectivity index (χ2v) is 8.43. The summed E-state index contributed by atoms with van der Waals surface area (Å²) in [5.41, 5.74) is -3.57. The summed E-state index contributed by atoms with van der Waals surface area (Å²) in [6, 6.07) is -3.15. The van der Waals surface area contributed by atoms with Crippen LogP contribution >= 0.6 is 0 Å². The van der Waals surface area contributed by atoms with Crippen LogP contribution in [0.25, 0.3) is 0 Å². The SMILES string of the molecule is COC(=O)[C@H](Cc1cn(C)cn1)NC(=O)C(NC(=O)Nc1cc(C(F)(F)F)cc(C(F)(F)F)c1)C(C)C. The van der Waals surface area contributed by atoms with E-state index in [9.17, 15) is 40.7 Å². The Bertz CT molecular complexity index is 1100. The van der Waals surface area contributed by atoms with Gasteiger partial charge >= 0.3 is 24.4 Å². The van der Waals surface area contributed by atoms with Crippen LogP contribution < -0.4 is 16.0 Å². The number of anilines is 1. The van der Waals surface area contributed by atoms with E-state index in [0.29, 0.717) is 17.8 Å². The second-order valence-electron chi connectivity index (χ2n) is 8.43. The number of hydrogen-bond acceptors (Lipinski definition) is 5. The highest BCUT2D eigenvalue weighted by atomic mass is 19.4. The Labute approximate surface area is 207 Å². The monoisotopic (exact) mass is 537 g/mol. The van der Waals surface area contributed by atoms with Crippen LogP contribution in [0, 0.1) is 5.92 Å². The van der Waals surface area contributed by atoms with Crippen LogP contribution in [0.15, 0.2) is 30.7 Å². The molecule has 1 heterocycles. The number of esters is 1. The molecule has 15 heteroatoms. The van der Waals surface area contributed by atoms with Crippen molar-refractivity contribution in [2.75, 3.05) is 12.4 Å². The van der Waals surface area contributed by atoms with Gasteiger partial charge in [-0.3, -0.25) is 4.79 Å². The Kier molecular flexibility index (Phi) is 9.17. The molecule has 0 radical (unpaired) electrons. The van der Waals surface area contributed by atoms with Gasteiger partial charge in [-0.15, -0.1) is 0 Å². The number of benzene rings is 1. The van der Waals surface area contributed by atoms with Gasteiger partial charge in [0.1, 0.15) is 12.1 Å². The predicted octanol–water partition coefficient (Wildman–Crippen LogP) is 3.50. The largest absolute Gasteiger partial charge is 0.467 e. The Morgan fingerprint density at radius 1 is 1.00 bits per heavy atom. The summed E-state index contributed by atoms with van der Waals surface area (Å²) in [4.78, 5) is 41.6. The van der Waals surface area contributed by atoms with Crippen molar-refractivity contribution in [3.8, 4) is 0 Å². The molecular weight excluding hydrogens is 512 g/mol. The van der Waals surface area contributed by atoms with Crippen LogP contribution in [0.3, 0.4) is 0 Å². The summed E-state index contributed by atoms with van der Waals surface area (Å²) in [5.74, 6) is -2.22. The first-order valence-corrected chi connectivity index (χ1v) is 10.7. The van der Waals surface area contributed by atoms with E-state index in [1.165, 1.54) is 20.2 Å². The Hall–Kier alpha value is -3.78. The fraction of sp³-hybridized carbons (Fsp3) is 0.455. The van der Waals surface area contributed by atoms with Crippen molar-refractivity contribution in [3.05, 3.63) is 47.5 Å². The number of aryl methyl sites for hydroxylation is 1. The lowest BCUT2D eigenvalue weighted by molar-refractivity contribution is -0.145. The molecule has 0 aliphatic heterocycles. The molecule has 9 nitrogen and oxygen atoms in total. The van der Waals surface area contributed by atoms with Crippen molar-refractivity contribution >= 4 is 23.6 Å². The molecule has 0 spiro atoms. The van der Waals surface area contributed by atoms with Gasteiger partial charge in [0.2, 0.25) is 5.91 Å². The number of nitrogens with zero attached hydrogens (tertiary/aromatic N) is 2. The third-order valence-electron chi connectivity index (χ3n) is 5.06. The lowest BCUT2D eigenvalue weighted by Crippen LogP contribution is -2.55. The summed E-state index contributed by atoms with van der Waals surface area (Å²) in [7, 11) is 2.80. The van der Waals surface area contributed by atoms with E-state index in [-0.39, 0.29) is 12.5 Å². The van der Waals surface area contributed by atoms with E-state index < -0.39 is 65.1 Å². The molecule has 37 heavy (non-hydrogen) atoms. The van der Waals surface area contributed by atoms with E-state index in [1.807, 2.05) is 5.32 Å². The summed E-state index contributed by atoms with van der Waals surface area (Å²) in [6.45, 7) is 3.06. The maximum absolute atomic E-state index is 13.1. The topological polar surface area (TPSA) is 114 Å². The molecule has 2 aromatic rings. The minimum Gasteiger partial charge on any atom is -0.467 e. The van der Waals surface area contributed by atoms with Crippen molar-refractivity contribution in [2.24, 2.45) is 13.0 Å². The molecule has 0 fully saturated rings. The Balaban J connectivity index is 2.20. The van der Waals surface area contributed by atoms with Gasteiger partial charge in [-0.2, -0.15) is 26.3 Å². The number of imidazole rings is 1. The maximum atomic E-state index is 13.1. The third-order valence-corrected chi connectivity index (χ3v) is 5.06. The number of aromatic nitrogens is 2. The van der Waals surface area contributed by atoms with Crippen LogP contribution in [0.2, 0.25) is 0 Å². The first kappa shape index (κ1) is 29.5. The number of alkyl halides is 6. The summed E-state index contributed by atoms with van der Waals surface area (Å²) >= 11 is 0. The highest BCUT2D eigenvalue weighted by molar-refractivity contribution is 5.95. The van der Waals surface area contributed by atoms with Gasteiger partial charge in [-0.25, -0.2) is 14.6 Å². The molecular formula is C22H25F6N5O4. The number of ether oxygens (including phenoxy) is 1. The predicted molar refractivity (Wildman–Crippen MR) is 118 cm³/mol. The number of carbonyl (C=O) groups is 3. The first-order chi connectivity index (χ1) is 17.0. The molecule has 0 saturated heterocycles. The van der Waals surface area contributed by atoms with Gasteiger partial charge in [0.25, 0.3) is 0 Å². The summed E-state index contributed by atoms with van der Waals surface area (Å²) in [5, 5.41) is 6.55. The molecule has 1 aromatic carbocycles. The molecule has 3 N–H and O–H groups in total. The van der Waals surface area contributed by atoms with Gasteiger partial charge < -0.3 is 25.3 Å². The maximum Gasteiger partial charge on any atom is 0.416 e. The minimum atomic E-state index is -5.11. The van der Waals surface area contributed by atoms with Crippen molar-refractivity contribution in [2.45, 2.75) is 44.7 Å². The molecule has 3 amide bonds. The molecule has 0 aliphatic rings. The molecule has 0 saturated carbocycles. The average molecular weight is 537 g/mol. The van der Waals surface area contributed by atoms with Gasteiger partial charge in [0, 0.05) is 25.4 Å². The van der Waals surface area contributed by atoms with E-state index >= 15 is 0 Å². The number of nitrogens with one attached hydrogen (secondary N) is 3. The zero-order chi connectivity index (χ0) is 28.1. The Morgan fingerprint density at radius 2 is 1.57 bits per heavy atom. The summed E-state index contributed by atoms with van der Waals surface area (Å²) < 4.78 is 84.8. The third kappa shape index (κ3) is 8.39. The van der Waals surface area contributed by atoms with E-state index in [0.717, 1.165) is 7.11 Å². The fourth-order valence-corrected chi connectivity index (χ4v) is 3.25. The van der Waals surface area contributed by atoms with Crippen molar-refractivity contribution in [1.29, 1.82) is 0 Å². The average Bonchev–Trinajstić information content (AvgIpc) is 3.19. The van der Waals surface area contributed by atoms with E-state index in [2.05, 4.69) is 15.6 Å². The molecule has 2 atom stereocenters. The number of halogens is 6. The normalized spacial score (nSPS) is 13.6. The quantitative estimate of drug-likeness (QED) is 0.352. The molecule has 0 aliphatic carbocycles. The number of amides is 3. The number of urea groups is 1. The van der Waals surface area contributed by atoms with Crippen molar-refractivity contribution in [1.82, 2.24) is 20.2 Å². The molecule has 1 aromatic heterocycles. The zero-order valence-electron chi connectivity index (χ0n) is 20.1. The minimum absolute atomic E-state index is 0.0410. The van der Waals surface area contributed by atoms with E-state index in [4.69, 9.17) is 4.74 Å². The highest BCUT2D eigenvalue weighted by Gasteiger charge is 2.37. The summed E-state index contributed by atoms with van der Waals surface area (Å²) in [6.07, 6.45) is -7.17. The van der Waals surface area contributed by atoms with Crippen molar-refractivity contribution in [3.63, 3.8) is 0 Å². The standard InChI is InChI=1S/C22H25F6N5O4/c1-11(2)17(18(34)31-16(19(35)37-4)8-15-9-33(3)10-29-15)32-20(36)30-14-6-12(21(23,24)25)5-13(7-14)22(26,27)28/h5-7,9-11,16-17H,8H2,1-4H3,(H,31,34)(H2,30,32,36)/t16-,17?/m0/s1. The van der Waals surface area contributed by atoms with Crippen LogP contribution in [-0.4, -0.2) is 46.7 Å². The van der Waals surface area contributed by atoms with Gasteiger partial charge in [0.15, 0.2) is 0 Å². The lowest BCUT2D eigenvalue weighted by atomic mass is 10.0.